The second kappa shape index (κ2) is 11.3. The van der Waals surface area contributed by atoms with Crippen molar-refractivity contribution in [2.24, 2.45) is 0 Å². The van der Waals surface area contributed by atoms with Gasteiger partial charge in [-0.2, -0.15) is 0 Å². The second-order valence-corrected chi connectivity index (χ2v) is 7.84. The van der Waals surface area contributed by atoms with Gasteiger partial charge in [0.2, 0.25) is 0 Å². The molecule has 3 rings (SSSR count). The fraction of sp³-hybridized carbons (Fsp3) is 0.304. The Morgan fingerprint density at radius 3 is 2.44 bits per heavy atom. The third-order valence-corrected chi connectivity index (χ3v) is 4.89. The van der Waals surface area contributed by atoms with Crippen molar-refractivity contribution >= 4 is 41.0 Å². The van der Waals surface area contributed by atoms with E-state index in [2.05, 4.69) is 16.0 Å². The van der Waals surface area contributed by atoms with Gasteiger partial charge in [0.05, 0.1) is 0 Å². The molecule has 32 heavy (non-hydrogen) atoms. The number of benzene rings is 2. The van der Waals surface area contributed by atoms with Crippen molar-refractivity contribution < 1.29 is 23.9 Å². The first kappa shape index (κ1) is 23.3. The zero-order valence-electron chi connectivity index (χ0n) is 17.4. The number of amides is 3. The van der Waals surface area contributed by atoms with Crippen LogP contribution >= 0.6 is 11.6 Å². The molecular weight excluding hydrogens is 434 g/mol. The van der Waals surface area contributed by atoms with Crippen LogP contribution in [0.2, 0.25) is 5.02 Å². The summed E-state index contributed by atoms with van der Waals surface area (Å²) < 4.78 is 4.96. The molecule has 1 fully saturated rings. The molecule has 1 aliphatic rings. The average Bonchev–Trinajstić information content (AvgIpc) is 3.60. The van der Waals surface area contributed by atoms with Crippen LogP contribution in [0.25, 0.3) is 0 Å². The molecule has 0 heterocycles. The molecule has 3 N–H and O–H groups in total. The Morgan fingerprint density at radius 2 is 1.72 bits per heavy atom. The van der Waals surface area contributed by atoms with Gasteiger partial charge in [-0.25, -0.2) is 0 Å². The van der Waals surface area contributed by atoms with Crippen LogP contribution in [0.15, 0.2) is 48.5 Å². The third-order valence-electron chi connectivity index (χ3n) is 4.63. The summed E-state index contributed by atoms with van der Waals surface area (Å²) in [5, 5.41) is 8.73. The number of hydrogen-bond acceptors (Lipinski definition) is 5. The quantitative estimate of drug-likeness (QED) is 0.375. The number of ether oxygens (including phenoxy) is 1. The number of halogens is 1. The van der Waals surface area contributed by atoms with E-state index < -0.39 is 18.5 Å². The number of esters is 1. The first-order chi connectivity index (χ1) is 15.4. The molecule has 0 aliphatic heterocycles. The molecule has 0 saturated heterocycles. The molecule has 1 saturated carbocycles. The van der Waals surface area contributed by atoms with Gasteiger partial charge >= 0.3 is 5.97 Å². The topological polar surface area (TPSA) is 114 Å². The standard InChI is InChI=1S/C23H24ClN3O5/c24-17-8-6-15(7-9-17)22(30)25-12-2-5-21(29)32-14-20(28)26-19-4-1-3-16(13-19)23(31)27-18-10-11-18/h1,3-4,6-9,13,18H,2,5,10-12,14H2,(H,25,30)(H,26,28)(H,27,31). The smallest absolute Gasteiger partial charge is 0.306 e. The molecule has 1 aliphatic carbocycles. The number of anilines is 1. The van der Waals surface area contributed by atoms with Gasteiger partial charge in [0.25, 0.3) is 17.7 Å². The molecule has 9 heteroatoms. The lowest BCUT2D eigenvalue weighted by atomic mass is 10.2. The minimum Gasteiger partial charge on any atom is -0.456 e. The SMILES string of the molecule is O=C(COC(=O)CCCNC(=O)c1ccc(Cl)cc1)Nc1cccc(C(=O)NC2CC2)c1. The predicted molar refractivity (Wildman–Crippen MR) is 120 cm³/mol. The van der Waals surface area contributed by atoms with Crippen LogP contribution < -0.4 is 16.0 Å². The molecule has 0 aromatic heterocycles. The largest absolute Gasteiger partial charge is 0.456 e. The Labute approximate surface area is 190 Å². The summed E-state index contributed by atoms with van der Waals surface area (Å²) in [6, 6.07) is 13.3. The van der Waals surface area contributed by atoms with Gasteiger partial charge in [-0.1, -0.05) is 17.7 Å². The van der Waals surface area contributed by atoms with E-state index in [1.165, 1.54) is 0 Å². The van der Waals surface area contributed by atoms with Crippen molar-refractivity contribution in [3.63, 3.8) is 0 Å². The van der Waals surface area contributed by atoms with E-state index in [9.17, 15) is 19.2 Å². The minimum atomic E-state index is -0.543. The monoisotopic (exact) mass is 457 g/mol. The first-order valence-electron chi connectivity index (χ1n) is 10.3. The first-order valence-corrected chi connectivity index (χ1v) is 10.7. The number of nitrogens with one attached hydrogen (secondary N) is 3. The van der Waals surface area contributed by atoms with Gasteiger partial charge < -0.3 is 20.7 Å². The zero-order valence-corrected chi connectivity index (χ0v) is 18.1. The van der Waals surface area contributed by atoms with E-state index in [0.29, 0.717) is 34.8 Å². The Kier molecular flexibility index (Phi) is 8.21. The summed E-state index contributed by atoms with van der Waals surface area (Å²) in [6.07, 6.45) is 2.41. The number of carbonyl (C=O) groups excluding carboxylic acids is 4. The molecule has 0 unspecified atom stereocenters. The summed E-state index contributed by atoms with van der Waals surface area (Å²) in [4.78, 5) is 47.9. The Morgan fingerprint density at radius 1 is 0.969 bits per heavy atom. The van der Waals surface area contributed by atoms with Crippen LogP contribution in [0.3, 0.4) is 0 Å². The molecule has 2 aromatic rings. The minimum absolute atomic E-state index is 0.0605. The summed E-state index contributed by atoms with van der Waals surface area (Å²) in [6.45, 7) is -0.146. The summed E-state index contributed by atoms with van der Waals surface area (Å²) in [7, 11) is 0. The zero-order chi connectivity index (χ0) is 22.9. The van der Waals surface area contributed by atoms with Gasteiger partial charge in [0.1, 0.15) is 0 Å². The highest BCUT2D eigenvalue weighted by molar-refractivity contribution is 6.30. The number of rotatable bonds is 10. The summed E-state index contributed by atoms with van der Waals surface area (Å²) in [5.74, 6) is -1.49. The Balaban J connectivity index is 1.32. The van der Waals surface area contributed by atoms with Crippen LogP contribution in [0, 0.1) is 0 Å². The number of carbonyl (C=O) groups is 4. The molecule has 0 spiro atoms. The molecule has 0 radical (unpaired) electrons. The molecule has 3 amide bonds. The van der Waals surface area contributed by atoms with Crippen LogP contribution in [-0.4, -0.2) is 42.9 Å². The molecule has 0 bridgehead atoms. The van der Waals surface area contributed by atoms with E-state index in [0.717, 1.165) is 12.8 Å². The second-order valence-electron chi connectivity index (χ2n) is 7.40. The van der Waals surface area contributed by atoms with E-state index in [1.807, 2.05) is 0 Å². The maximum atomic E-state index is 12.1. The van der Waals surface area contributed by atoms with E-state index in [4.69, 9.17) is 16.3 Å². The van der Waals surface area contributed by atoms with Gasteiger partial charge in [-0.3, -0.25) is 19.2 Å². The highest BCUT2D eigenvalue weighted by Crippen LogP contribution is 2.20. The fourth-order valence-corrected chi connectivity index (χ4v) is 2.91. The molecule has 8 nitrogen and oxygen atoms in total. The van der Waals surface area contributed by atoms with Crippen LogP contribution in [0.4, 0.5) is 5.69 Å². The maximum absolute atomic E-state index is 12.1. The van der Waals surface area contributed by atoms with Crippen molar-refractivity contribution in [2.75, 3.05) is 18.5 Å². The van der Waals surface area contributed by atoms with E-state index in [-0.39, 0.29) is 24.3 Å². The molecule has 0 atom stereocenters. The van der Waals surface area contributed by atoms with Crippen molar-refractivity contribution in [3.8, 4) is 0 Å². The van der Waals surface area contributed by atoms with Gasteiger partial charge in [0, 0.05) is 40.8 Å². The predicted octanol–water partition coefficient (Wildman–Crippen LogP) is 2.92. The van der Waals surface area contributed by atoms with E-state index in [1.54, 1.807) is 48.5 Å². The van der Waals surface area contributed by atoms with Crippen LogP contribution in [-0.2, 0) is 14.3 Å². The van der Waals surface area contributed by atoms with Gasteiger partial charge in [0.15, 0.2) is 6.61 Å². The highest BCUT2D eigenvalue weighted by Gasteiger charge is 2.23. The van der Waals surface area contributed by atoms with Gasteiger partial charge in [-0.05, 0) is 61.7 Å². The molecule has 2 aromatic carbocycles. The van der Waals surface area contributed by atoms with Crippen molar-refractivity contribution in [2.45, 2.75) is 31.7 Å². The highest BCUT2D eigenvalue weighted by atomic mass is 35.5. The summed E-state index contributed by atoms with van der Waals surface area (Å²) in [5.41, 5.74) is 1.37. The van der Waals surface area contributed by atoms with Crippen molar-refractivity contribution in [3.05, 3.63) is 64.7 Å². The third kappa shape index (κ3) is 7.70. The van der Waals surface area contributed by atoms with E-state index >= 15 is 0 Å². The normalized spacial score (nSPS) is 12.5. The maximum Gasteiger partial charge on any atom is 0.306 e. The van der Waals surface area contributed by atoms with Crippen LogP contribution in [0.5, 0.6) is 0 Å². The number of hydrogen-bond donors (Lipinski definition) is 3. The lowest BCUT2D eigenvalue weighted by Crippen LogP contribution is -2.26. The van der Waals surface area contributed by atoms with Crippen LogP contribution in [0.1, 0.15) is 46.4 Å². The molecule has 168 valence electrons. The summed E-state index contributed by atoms with van der Waals surface area (Å²) >= 11 is 5.79. The average molecular weight is 458 g/mol. The Hall–Kier alpha value is -3.39. The Bertz CT molecular complexity index is 989. The lowest BCUT2D eigenvalue weighted by Gasteiger charge is -2.09. The lowest BCUT2D eigenvalue weighted by molar-refractivity contribution is -0.147. The molecular formula is C23H24ClN3O5. The van der Waals surface area contributed by atoms with Crippen molar-refractivity contribution in [1.82, 2.24) is 10.6 Å². The van der Waals surface area contributed by atoms with Crippen molar-refractivity contribution in [1.29, 1.82) is 0 Å². The fourth-order valence-electron chi connectivity index (χ4n) is 2.79. The van der Waals surface area contributed by atoms with Gasteiger partial charge in [-0.15, -0.1) is 0 Å².